The summed E-state index contributed by atoms with van der Waals surface area (Å²) in [5.41, 5.74) is 5.91. The number of benzene rings is 2. The topological polar surface area (TPSA) is 201 Å². The Bertz CT molecular complexity index is 2300. The molecule has 6 rings (SSSR count). The van der Waals surface area contributed by atoms with Gasteiger partial charge in [0.15, 0.2) is 0 Å². The lowest BCUT2D eigenvalue weighted by Crippen LogP contribution is -2.33. The number of anilines is 2. The van der Waals surface area contributed by atoms with Gasteiger partial charge in [-0.2, -0.15) is 0 Å². The molecule has 2 aliphatic rings. The maximum Gasteiger partial charge on any atom is 0.305 e. The molecule has 0 spiro atoms. The molecule has 4 amide bonds. The van der Waals surface area contributed by atoms with Crippen LogP contribution in [-0.4, -0.2) is 151 Å². The van der Waals surface area contributed by atoms with E-state index in [0.717, 1.165) is 68.0 Å². The third-order valence-electron chi connectivity index (χ3n) is 10.3. The quantitative estimate of drug-likeness (QED) is 0.0583. The maximum absolute atomic E-state index is 12.0. The molecule has 0 aliphatic carbocycles. The zero-order valence-electron chi connectivity index (χ0n) is 36.3. The number of nitrogens with zero attached hydrogens (tertiary/aromatic N) is 8. The van der Waals surface area contributed by atoms with Gasteiger partial charge in [0, 0.05) is 125 Å². The van der Waals surface area contributed by atoms with Gasteiger partial charge in [0.2, 0.25) is 0 Å². The van der Waals surface area contributed by atoms with Crippen molar-refractivity contribution in [1.29, 1.82) is 0 Å². The van der Waals surface area contributed by atoms with Crippen molar-refractivity contribution in [2.45, 2.75) is 38.5 Å². The highest BCUT2D eigenvalue weighted by atomic mass is 35.5. The SMILES string of the molecule is Cn1c(CCCC(=O)O)nc2cc(N(CCCl)CCCl)ccc21.Cn1c(CCCC(=O)OCCN2C(=O)C=CC2=O)nc2cc(N(CCCl)CCCl)ccc21.O=C1C=CC(=O)N1CCO. The number of aromatic nitrogens is 4. The van der Waals surface area contributed by atoms with Gasteiger partial charge in [-0.15, -0.1) is 46.4 Å². The van der Waals surface area contributed by atoms with Gasteiger partial charge in [0.05, 0.1) is 41.8 Å². The standard InChI is InChI=1S/C22H26Cl2N4O4.C16H21Cl2N3O2.C6H7NO3/c1-26-18-6-5-16(27(11-9-23)12-10-24)15-17(18)25-19(26)3-2-4-22(31)32-14-13-28-20(29)7-8-21(28)30;1-20-14-6-5-12(21(9-7-17)10-8-18)11-13(14)19-15(20)3-2-4-16(22)23;8-4-3-7-5(9)1-2-6(7)10/h5-8,15H,2-4,9-14H2,1H3;5-6,11H,2-4,7-10H2,1H3,(H,22,23);1-2,8H,3-4H2. The Labute approximate surface area is 397 Å². The molecule has 21 heteroatoms. The molecule has 0 saturated carbocycles. The van der Waals surface area contributed by atoms with Crippen LogP contribution >= 0.6 is 46.4 Å². The van der Waals surface area contributed by atoms with E-state index in [2.05, 4.69) is 14.8 Å². The fraction of sp³-hybridized carbons (Fsp3) is 0.455. The molecular weight excluding hydrogens is 926 g/mol. The van der Waals surface area contributed by atoms with Crippen LogP contribution in [0, 0.1) is 0 Å². The Morgan fingerprint density at radius 3 is 1.42 bits per heavy atom. The first-order chi connectivity index (χ1) is 31.3. The van der Waals surface area contributed by atoms with E-state index < -0.39 is 5.97 Å². The Balaban J connectivity index is 0.000000243. The second-order valence-corrected chi connectivity index (χ2v) is 16.1. The number of alkyl halides is 4. The first-order valence-corrected chi connectivity index (χ1v) is 23.1. The van der Waals surface area contributed by atoms with Crippen LogP contribution in [0.4, 0.5) is 11.4 Å². The summed E-state index contributed by atoms with van der Waals surface area (Å²) in [6.45, 7) is 2.85. The number of imide groups is 2. The summed E-state index contributed by atoms with van der Waals surface area (Å²) in [6.07, 6.45) is 7.63. The van der Waals surface area contributed by atoms with Gasteiger partial charge < -0.3 is 33.9 Å². The van der Waals surface area contributed by atoms with Crippen LogP contribution in [0.1, 0.15) is 37.3 Å². The Kier molecular flexibility index (Phi) is 21.5. The summed E-state index contributed by atoms with van der Waals surface area (Å²) in [7, 11) is 3.91. The number of amides is 4. The number of aliphatic hydroxyl groups is 1. The number of ether oxygens (including phenoxy) is 1. The molecule has 4 heterocycles. The summed E-state index contributed by atoms with van der Waals surface area (Å²) in [5.74, 6) is 1.28. The van der Waals surface area contributed by atoms with E-state index in [4.69, 9.17) is 66.3 Å². The van der Waals surface area contributed by atoms with Crippen molar-refractivity contribution < 1.29 is 43.7 Å². The highest BCUT2D eigenvalue weighted by molar-refractivity contribution is 6.19. The largest absolute Gasteiger partial charge is 0.481 e. The molecule has 0 saturated heterocycles. The van der Waals surface area contributed by atoms with Gasteiger partial charge in [-0.1, -0.05) is 0 Å². The lowest BCUT2D eigenvalue weighted by molar-refractivity contribution is -0.147. The number of imidazole rings is 2. The van der Waals surface area contributed by atoms with E-state index in [1.54, 1.807) is 0 Å². The lowest BCUT2D eigenvalue weighted by Gasteiger charge is -2.22. The normalized spacial score (nSPS) is 13.2. The molecule has 0 radical (unpaired) electrons. The first-order valence-electron chi connectivity index (χ1n) is 21.0. The molecule has 2 aliphatic heterocycles. The minimum absolute atomic E-state index is 0.00579. The van der Waals surface area contributed by atoms with Crippen LogP contribution < -0.4 is 9.80 Å². The van der Waals surface area contributed by atoms with E-state index in [-0.39, 0.29) is 68.7 Å². The molecule has 4 aromatic rings. The van der Waals surface area contributed by atoms with E-state index in [0.29, 0.717) is 62.3 Å². The molecule has 65 heavy (non-hydrogen) atoms. The number of aliphatic carboxylic acids is 1. The second-order valence-electron chi connectivity index (χ2n) is 14.6. The zero-order valence-corrected chi connectivity index (χ0v) is 39.4. The number of carbonyl (C=O) groups excluding carboxylic acids is 5. The van der Waals surface area contributed by atoms with Gasteiger partial charge in [-0.3, -0.25) is 38.6 Å². The van der Waals surface area contributed by atoms with Crippen LogP contribution in [0.5, 0.6) is 0 Å². The predicted molar refractivity (Wildman–Crippen MR) is 252 cm³/mol. The van der Waals surface area contributed by atoms with Crippen molar-refractivity contribution in [3.63, 3.8) is 0 Å². The van der Waals surface area contributed by atoms with Crippen molar-refractivity contribution in [3.05, 3.63) is 72.4 Å². The van der Waals surface area contributed by atoms with Crippen LogP contribution in [0.3, 0.4) is 0 Å². The number of aliphatic hydroxyl groups excluding tert-OH is 1. The minimum Gasteiger partial charge on any atom is -0.481 e. The van der Waals surface area contributed by atoms with Crippen LogP contribution in [-0.2, 0) is 60.4 Å². The van der Waals surface area contributed by atoms with Crippen LogP contribution in [0.25, 0.3) is 22.1 Å². The van der Waals surface area contributed by atoms with Gasteiger partial charge in [0.1, 0.15) is 18.3 Å². The molecular formula is C44H54Cl4N8O9. The highest BCUT2D eigenvalue weighted by Gasteiger charge is 2.24. The van der Waals surface area contributed by atoms with E-state index >= 15 is 0 Å². The molecule has 0 unspecified atom stereocenters. The lowest BCUT2D eigenvalue weighted by atomic mass is 10.2. The maximum atomic E-state index is 12.0. The summed E-state index contributed by atoms with van der Waals surface area (Å²) in [5, 5.41) is 17.1. The third kappa shape index (κ3) is 15.2. The van der Waals surface area contributed by atoms with E-state index in [9.17, 15) is 28.8 Å². The summed E-state index contributed by atoms with van der Waals surface area (Å²) in [6, 6.07) is 12.2. The van der Waals surface area contributed by atoms with E-state index in [1.807, 2.05) is 59.6 Å². The summed E-state index contributed by atoms with van der Waals surface area (Å²) < 4.78 is 9.19. The van der Waals surface area contributed by atoms with Crippen molar-refractivity contribution >= 4 is 115 Å². The van der Waals surface area contributed by atoms with Gasteiger partial charge in [0.25, 0.3) is 23.6 Å². The molecule has 2 aromatic heterocycles. The predicted octanol–water partition coefficient (Wildman–Crippen LogP) is 4.82. The Morgan fingerprint density at radius 1 is 0.631 bits per heavy atom. The molecule has 17 nitrogen and oxygen atoms in total. The van der Waals surface area contributed by atoms with Crippen molar-refractivity contribution in [2.75, 3.05) is 85.8 Å². The second kappa shape index (κ2) is 26.7. The number of halogens is 4. The fourth-order valence-electron chi connectivity index (χ4n) is 6.98. The Hall–Kier alpha value is -5.20. The third-order valence-corrected chi connectivity index (χ3v) is 11.0. The molecule has 352 valence electrons. The average molecular weight is 981 g/mol. The highest BCUT2D eigenvalue weighted by Crippen LogP contribution is 2.25. The van der Waals surface area contributed by atoms with Gasteiger partial charge in [-0.05, 0) is 49.2 Å². The van der Waals surface area contributed by atoms with Crippen molar-refractivity contribution in [3.8, 4) is 0 Å². The summed E-state index contributed by atoms with van der Waals surface area (Å²) >= 11 is 23.5. The number of carboxylic acids is 1. The van der Waals surface area contributed by atoms with Crippen molar-refractivity contribution in [1.82, 2.24) is 28.9 Å². The molecule has 0 bridgehead atoms. The monoisotopic (exact) mass is 978 g/mol. The molecule has 0 fully saturated rings. The van der Waals surface area contributed by atoms with Gasteiger partial charge >= 0.3 is 11.9 Å². The van der Waals surface area contributed by atoms with Crippen molar-refractivity contribution in [2.24, 2.45) is 14.1 Å². The molecule has 2 aromatic carbocycles. The Morgan fingerprint density at radius 2 is 1.03 bits per heavy atom. The van der Waals surface area contributed by atoms with Gasteiger partial charge in [-0.25, -0.2) is 9.97 Å². The minimum atomic E-state index is -0.774. The number of hydrogen-bond donors (Lipinski definition) is 2. The van der Waals surface area contributed by atoms with Crippen LogP contribution in [0.15, 0.2) is 60.7 Å². The zero-order chi connectivity index (χ0) is 47.5. The van der Waals surface area contributed by atoms with Crippen LogP contribution in [0.2, 0.25) is 0 Å². The number of rotatable bonds is 23. The number of aryl methyl sites for hydroxylation is 4. The number of fused-ring (bicyclic) bond motifs is 2. The number of carbonyl (C=O) groups is 6. The average Bonchev–Trinajstić information content (AvgIpc) is 3.99. The number of esters is 1. The molecule has 0 atom stereocenters. The summed E-state index contributed by atoms with van der Waals surface area (Å²) in [4.78, 5) is 82.6. The number of hydrogen-bond acceptors (Lipinski definition) is 12. The first kappa shape index (κ1) is 52.4. The fourth-order valence-corrected chi connectivity index (χ4v) is 7.80. The number of carboxylic acid groups (broad SMARTS) is 1. The smallest absolute Gasteiger partial charge is 0.305 e. The molecule has 2 N–H and O–H groups in total. The van der Waals surface area contributed by atoms with E-state index in [1.165, 1.54) is 24.3 Å². The number of β-amino-alcohol motifs (C(OH)–C–C–N with tert-alkyl or cyclic N) is 1.